The zero-order valence-corrected chi connectivity index (χ0v) is 15.1. The van der Waals surface area contributed by atoms with E-state index in [0.717, 1.165) is 23.6 Å². The highest BCUT2D eigenvalue weighted by molar-refractivity contribution is 7.15. The lowest BCUT2D eigenvalue weighted by Crippen LogP contribution is -2.40. The van der Waals surface area contributed by atoms with Crippen LogP contribution in [0.15, 0.2) is 22.6 Å². The van der Waals surface area contributed by atoms with Crippen molar-refractivity contribution >= 4 is 22.2 Å². The highest BCUT2D eigenvalue weighted by Crippen LogP contribution is 2.26. The third-order valence-electron chi connectivity index (χ3n) is 4.74. The molecule has 0 N–H and O–H groups in total. The lowest BCUT2D eigenvalue weighted by molar-refractivity contribution is 0.0698. The summed E-state index contributed by atoms with van der Waals surface area (Å²) in [5.74, 6) is 0.801. The lowest BCUT2D eigenvalue weighted by Gasteiger charge is -2.31. The number of hydrogen-bond donors (Lipinski definition) is 0. The van der Waals surface area contributed by atoms with E-state index in [9.17, 15) is 9.59 Å². The first-order valence-electron chi connectivity index (χ1n) is 8.43. The van der Waals surface area contributed by atoms with Crippen LogP contribution in [0.25, 0.3) is 4.96 Å². The van der Waals surface area contributed by atoms with Crippen molar-refractivity contribution in [1.29, 1.82) is 0 Å². The Balaban J connectivity index is 1.58. The maximum Gasteiger partial charge on any atom is 0.345 e. The van der Waals surface area contributed by atoms with Gasteiger partial charge in [0.05, 0.1) is 0 Å². The fourth-order valence-electron chi connectivity index (χ4n) is 3.49. The molecule has 0 aromatic carbocycles. The quantitative estimate of drug-likeness (QED) is 0.706. The number of nitrogens with zero attached hydrogens (tertiary/aromatic N) is 6. The van der Waals surface area contributed by atoms with Crippen molar-refractivity contribution in [3.05, 3.63) is 39.8 Å². The molecule has 8 nitrogen and oxygen atoms in total. The number of aromatic nitrogens is 5. The van der Waals surface area contributed by atoms with Crippen molar-refractivity contribution in [3.63, 3.8) is 0 Å². The van der Waals surface area contributed by atoms with Crippen molar-refractivity contribution in [1.82, 2.24) is 28.6 Å². The Labute approximate surface area is 148 Å². The number of likely N-dealkylation sites (tertiary alicyclic amines) is 1. The summed E-state index contributed by atoms with van der Waals surface area (Å²) in [6.45, 7) is 3.81. The Morgan fingerprint density at radius 2 is 2.28 bits per heavy atom. The third-order valence-corrected chi connectivity index (χ3v) is 5.51. The summed E-state index contributed by atoms with van der Waals surface area (Å²) in [5.41, 5.74) is 0.372. The van der Waals surface area contributed by atoms with Crippen molar-refractivity contribution in [2.75, 3.05) is 13.1 Å². The monoisotopic (exact) mass is 360 g/mol. The SMILES string of the molecule is CCn1c([C@H]2CCCN(C(=O)c3cn4ccsc4n3)C2)nn(C)c1=O. The predicted molar refractivity (Wildman–Crippen MR) is 94.1 cm³/mol. The second kappa shape index (κ2) is 6.14. The van der Waals surface area contributed by atoms with Gasteiger partial charge in [0, 0.05) is 50.4 Å². The number of piperidine rings is 1. The molecule has 0 bridgehead atoms. The molecule has 132 valence electrons. The van der Waals surface area contributed by atoms with E-state index in [0.29, 0.717) is 25.3 Å². The van der Waals surface area contributed by atoms with Crippen molar-refractivity contribution in [2.45, 2.75) is 32.2 Å². The minimum atomic E-state index is -0.102. The molecule has 9 heteroatoms. The van der Waals surface area contributed by atoms with E-state index >= 15 is 0 Å². The van der Waals surface area contributed by atoms with Gasteiger partial charge in [-0.2, -0.15) is 5.10 Å². The van der Waals surface area contributed by atoms with Gasteiger partial charge in [-0.05, 0) is 19.8 Å². The second-order valence-electron chi connectivity index (χ2n) is 6.32. The lowest BCUT2D eigenvalue weighted by atomic mass is 9.97. The summed E-state index contributed by atoms with van der Waals surface area (Å²) >= 11 is 1.51. The van der Waals surface area contributed by atoms with Crippen LogP contribution in [0.4, 0.5) is 0 Å². The smallest absolute Gasteiger partial charge is 0.337 e. The topological polar surface area (TPSA) is 77.4 Å². The fourth-order valence-corrected chi connectivity index (χ4v) is 4.19. The second-order valence-corrected chi connectivity index (χ2v) is 7.19. The van der Waals surface area contributed by atoms with E-state index < -0.39 is 0 Å². The van der Waals surface area contributed by atoms with Crippen LogP contribution in [-0.2, 0) is 13.6 Å². The van der Waals surface area contributed by atoms with Gasteiger partial charge in [0.25, 0.3) is 5.91 Å². The number of imidazole rings is 1. The molecule has 1 fully saturated rings. The molecule has 1 aliphatic heterocycles. The van der Waals surface area contributed by atoms with Gasteiger partial charge < -0.3 is 4.90 Å². The molecule has 0 aliphatic carbocycles. The molecule has 0 spiro atoms. The molecule has 1 amide bonds. The highest BCUT2D eigenvalue weighted by Gasteiger charge is 2.30. The third kappa shape index (κ3) is 2.68. The Morgan fingerprint density at radius 1 is 1.44 bits per heavy atom. The molecular weight excluding hydrogens is 340 g/mol. The van der Waals surface area contributed by atoms with Crippen molar-refractivity contribution < 1.29 is 4.79 Å². The van der Waals surface area contributed by atoms with Crippen LogP contribution >= 0.6 is 11.3 Å². The highest BCUT2D eigenvalue weighted by atomic mass is 32.1. The maximum absolute atomic E-state index is 12.8. The van der Waals surface area contributed by atoms with Crippen LogP contribution in [0.5, 0.6) is 0 Å². The first kappa shape index (κ1) is 16.1. The molecular formula is C16H20N6O2S. The predicted octanol–water partition coefficient (Wildman–Crippen LogP) is 1.33. The maximum atomic E-state index is 12.8. The van der Waals surface area contributed by atoms with E-state index in [1.165, 1.54) is 16.0 Å². The molecule has 1 saturated heterocycles. The molecule has 4 heterocycles. The van der Waals surface area contributed by atoms with Crippen LogP contribution in [-0.4, -0.2) is 47.6 Å². The normalized spacial score (nSPS) is 18.2. The summed E-state index contributed by atoms with van der Waals surface area (Å²) in [6.07, 6.45) is 5.50. The largest absolute Gasteiger partial charge is 0.345 e. The number of rotatable bonds is 3. The average molecular weight is 360 g/mol. The zero-order chi connectivity index (χ0) is 17.6. The summed E-state index contributed by atoms with van der Waals surface area (Å²) in [5, 5.41) is 6.35. The number of fused-ring (bicyclic) bond motifs is 1. The number of carbonyl (C=O) groups is 1. The van der Waals surface area contributed by atoms with E-state index in [4.69, 9.17) is 0 Å². The molecule has 0 radical (unpaired) electrons. The Bertz CT molecular complexity index is 952. The van der Waals surface area contributed by atoms with Crippen LogP contribution in [0.2, 0.25) is 0 Å². The van der Waals surface area contributed by atoms with Gasteiger partial charge in [0.2, 0.25) is 0 Å². The summed E-state index contributed by atoms with van der Waals surface area (Å²) in [6, 6.07) is 0. The van der Waals surface area contributed by atoms with Gasteiger partial charge in [0.1, 0.15) is 11.5 Å². The van der Waals surface area contributed by atoms with Gasteiger partial charge in [-0.15, -0.1) is 11.3 Å². The van der Waals surface area contributed by atoms with Gasteiger partial charge >= 0.3 is 5.69 Å². The van der Waals surface area contributed by atoms with Crippen LogP contribution in [0, 0.1) is 0 Å². The van der Waals surface area contributed by atoms with E-state index in [2.05, 4.69) is 10.1 Å². The summed E-state index contributed by atoms with van der Waals surface area (Å²) < 4.78 is 4.95. The minimum absolute atomic E-state index is 0.0538. The van der Waals surface area contributed by atoms with E-state index in [-0.39, 0.29) is 17.5 Å². The summed E-state index contributed by atoms with van der Waals surface area (Å²) in [4.78, 5) is 32.0. The number of amides is 1. The van der Waals surface area contributed by atoms with E-state index in [1.54, 1.807) is 17.8 Å². The average Bonchev–Trinajstić information content (AvgIpc) is 3.29. The molecule has 1 atom stereocenters. The number of hydrogen-bond acceptors (Lipinski definition) is 5. The van der Waals surface area contributed by atoms with Crippen molar-refractivity contribution in [3.8, 4) is 0 Å². The number of carbonyl (C=O) groups excluding carboxylic acids is 1. The van der Waals surface area contributed by atoms with Gasteiger partial charge in [-0.1, -0.05) is 0 Å². The van der Waals surface area contributed by atoms with Crippen LogP contribution in [0.3, 0.4) is 0 Å². The summed E-state index contributed by atoms with van der Waals surface area (Å²) in [7, 11) is 1.67. The number of aryl methyl sites for hydroxylation is 1. The van der Waals surface area contributed by atoms with Crippen molar-refractivity contribution in [2.24, 2.45) is 7.05 Å². The first-order valence-corrected chi connectivity index (χ1v) is 9.31. The van der Waals surface area contributed by atoms with E-state index in [1.807, 2.05) is 27.8 Å². The molecule has 3 aromatic heterocycles. The Morgan fingerprint density at radius 3 is 3.04 bits per heavy atom. The molecule has 4 rings (SSSR count). The number of thiazole rings is 1. The molecule has 1 aliphatic rings. The fraction of sp³-hybridized carbons (Fsp3) is 0.500. The van der Waals surface area contributed by atoms with Gasteiger partial charge in [0.15, 0.2) is 4.96 Å². The molecule has 0 saturated carbocycles. The molecule has 3 aromatic rings. The molecule has 0 unspecified atom stereocenters. The van der Waals surface area contributed by atoms with Gasteiger partial charge in [-0.25, -0.2) is 14.5 Å². The zero-order valence-electron chi connectivity index (χ0n) is 14.3. The minimum Gasteiger partial charge on any atom is -0.337 e. The van der Waals surface area contributed by atoms with Gasteiger partial charge in [-0.3, -0.25) is 13.8 Å². The van der Waals surface area contributed by atoms with Crippen LogP contribution in [0.1, 0.15) is 42.0 Å². The Kier molecular flexibility index (Phi) is 3.95. The first-order chi connectivity index (χ1) is 12.1. The van der Waals surface area contributed by atoms with Crippen LogP contribution < -0.4 is 5.69 Å². The Hall–Kier alpha value is -2.42. The molecule has 25 heavy (non-hydrogen) atoms. The standard InChI is InChI=1S/C16H20N6O2S/c1-3-22-13(18-19(2)16(22)24)11-5-4-6-20(9-11)14(23)12-10-21-7-8-25-15(21)17-12/h7-8,10-11H,3-6,9H2,1-2H3/t11-/m0/s1.